The van der Waals surface area contributed by atoms with Crippen LogP contribution in [0, 0.1) is 0 Å². The highest BCUT2D eigenvalue weighted by Crippen LogP contribution is 2.15. The van der Waals surface area contributed by atoms with Crippen LogP contribution in [0.3, 0.4) is 0 Å². The zero-order valence-electron chi connectivity index (χ0n) is 15.6. The van der Waals surface area contributed by atoms with E-state index in [1.807, 2.05) is 7.05 Å². The quantitative estimate of drug-likeness (QED) is 0.379. The number of hydrogen-bond acceptors (Lipinski definition) is 4. The Morgan fingerprint density at radius 1 is 1.25 bits per heavy atom. The fraction of sp³-hybridized carbons (Fsp3) is 0.944. The van der Waals surface area contributed by atoms with Crippen LogP contribution in [0.25, 0.3) is 0 Å². The molecule has 0 bridgehead atoms. The van der Waals surface area contributed by atoms with E-state index in [4.69, 9.17) is 9.47 Å². The number of aliphatic imine (C=N–C) groups is 1. The average molecular weight is 341 g/mol. The summed E-state index contributed by atoms with van der Waals surface area (Å²) in [5.74, 6) is 0.899. The summed E-state index contributed by atoms with van der Waals surface area (Å²) in [6, 6.07) is 0.636. The monoisotopic (exact) mass is 340 g/mol. The fourth-order valence-electron chi connectivity index (χ4n) is 3.51. The average Bonchev–Trinajstić information content (AvgIpc) is 3.14. The summed E-state index contributed by atoms with van der Waals surface area (Å²) in [5, 5.41) is 6.85. The molecule has 6 heteroatoms. The smallest absolute Gasteiger partial charge is 0.191 e. The largest absolute Gasteiger partial charge is 0.379 e. The molecule has 2 rings (SSSR count). The number of likely N-dealkylation sites (tertiary alicyclic amines) is 1. The first-order valence-electron chi connectivity index (χ1n) is 9.71. The molecular weight excluding hydrogens is 304 g/mol. The number of likely N-dealkylation sites (N-methyl/N-ethyl adjacent to an activating group) is 1. The Bertz CT molecular complexity index is 359. The van der Waals surface area contributed by atoms with Crippen molar-refractivity contribution < 1.29 is 9.47 Å². The van der Waals surface area contributed by atoms with Gasteiger partial charge in [-0.25, -0.2) is 0 Å². The molecule has 2 atom stereocenters. The first-order chi connectivity index (χ1) is 11.8. The SMILES string of the molecule is CCN1CCCCC1CNC(=NC)NCCCOCC1CCCO1. The molecule has 6 nitrogen and oxygen atoms in total. The van der Waals surface area contributed by atoms with Crippen molar-refractivity contribution in [1.29, 1.82) is 0 Å². The maximum atomic E-state index is 5.68. The summed E-state index contributed by atoms with van der Waals surface area (Å²) >= 11 is 0. The fourth-order valence-corrected chi connectivity index (χ4v) is 3.51. The van der Waals surface area contributed by atoms with Gasteiger partial charge in [0.25, 0.3) is 0 Å². The number of nitrogens with zero attached hydrogens (tertiary/aromatic N) is 2. The van der Waals surface area contributed by atoms with Gasteiger partial charge in [0.2, 0.25) is 0 Å². The Kier molecular flexibility index (Phi) is 9.46. The van der Waals surface area contributed by atoms with Crippen molar-refractivity contribution in [2.75, 3.05) is 53.0 Å². The predicted molar refractivity (Wildman–Crippen MR) is 98.7 cm³/mol. The second kappa shape index (κ2) is 11.7. The van der Waals surface area contributed by atoms with Crippen molar-refractivity contribution in [3.8, 4) is 0 Å². The zero-order chi connectivity index (χ0) is 17.0. The predicted octanol–water partition coefficient (Wildman–Crippen LogP) is 1.61. The van der Waals surface area contributed by atoms with E-state index >= 15 is 0 Å². The molecule has 24 heavy (non-hydrogen) atoms. The maximum Gasteiger partial charge on any atom is 0.191 e. The zero-order valence-corrected chi connectivity index (χ0v) is 15.6. The molecule has 2 N–H and O–H groups in total. The lowest BCUT2D eigenvalue weighted by molar-refractivity contribution is 0.0168. The third kappa shape index (κ3) is 6.95. The van der Waals surface area contributed by atoms with Crippen LogP contribution < -0.4 is 10.6 Å². The minimum absolute atomic E-state index is 0.324. The second-order valence-electron chi connectivity index (χ2n) is 6.72. The van der Waals surface area contributed by atoms with E-state index in [1.165, 1.54) is 32.2 Å². The molecule has 0 aromatic heterocycles. The Labute approximate surface area is 147 Å². The first kappa shape index (κ1) is 19.5. The van der Waals surface area contributed by atoms with Crippen molar-refractivity contribution in [3.63, 3.8) is 0 Å². The molecular formula is C18H36N4O2. The number of rotatable bonds is 9. The third-order valence-electron chi connectivity index (χ3n) is 4.97. The molecule has 2 aliphatic rings. The molecule has 0 aliphatic carbocycles. The molecule has 2 aliphatic heterocycles. The Morgan fingerprint density at radius 3 is 2.92 bits per heavy atom. The summed E-state index contributed by atoms with van der Waals surface area (Å²) in [6.07, 6.45) is 7.59. The van der Waals surface area contributed by atoms with Crippen molar-refractivity contribution in [2.45, 2.75) is 57.6 Å². The Morgan fingerprint density at radius 2 is 2.17 bits per heavy atom. The highest BCUT2D eigenvalue weighted by molar-refractivity contribution is 5.79. The summed E-state index contributed by atoms with van der Waals surface area (Å²) < 4.78 is 11.2. The number of hydrogen-bond donors (Lipinski definition) is 2. The highest BCUT2D eigenvalue weighted by Gasteiger charge is 2.20. The lowest BCUT2D eigenvalue weighted by Crippen LogP contribution is -2.49. The van der Waals surface area contributed by atoms with Crippen molar-refractivity contribution in [3.05, 3.63) is 0 Å². The normalized spacial score (nSPS) is 25.8. The van der Waals surface area contributed by atoms with E-state index in [-0.39, 0.29) is 0 Å². The highest BCUT2D eigenvalue weighted by atomic mass is 16.5. The van der Waals surface area contributed by atoms with E-state index in [1.54, 1.807) is 0 Å². The topological polar surface area (TPSA) is 58.1 Å². The van der Waals surface area contributed by atoms with Crippen LogP contribution in [-0.4, -0.2) is 76.1 Å². The van der Waals surface area contributed by atoms with Gasteiger partial charge in [-0.05, 0) is 45.2 Å². The molecule has 0 spiro atoms. The molecule has 0 radical (unpaired) electrons. The van der Waals surface area contributed by atoms with Gasteiger partial charge in [-0.15, -0.1) is 0 Å². The summed E-state index contributed by atoms with van der Waals surface area (Å²) in [5.41, 5.74) is 0. The van der Waals surface area contributed by atoms with E-state index in [0.717, 1.165) is 58.3 Å². The van der Waals surface area contributed by atoms with Crippen LogP contribution in [0.1, 0.15) is 45.4 Å². The number of piperidine rings is 1. The van der Waals surface area contributed by atoms with Gasteiger partial charge in [-0.2, -0.15) is 0 Å². The van der Waals surface area contributed by atoms with E-state index in [9.17, 15) is 0 Å². The van der Waals surface area contributed by atoms with Gasteiger partial charge >= 0.3 is 0 Å². The van der Waals surface area contributed by atoms with Gasteiger partial charge in [0, 0.05) is 39.4 Å². The molecule has 0 aromatic carbocycles. The summed E-state index contributed by atoms with van der Waals surface area (Å²) in [4.78, 5) is 6.89. The minimum Gasteiger partial charge on any atom is -0.379 e. The Balaban J connectivity index is 1.52. The number of ether oxygens (including phenoxy) is 2. The lowest BCUT2D eigenvalue weighted by atomic mass is 10.0. The number of nitrogens with one attached hydrogen (secondary N) is 2. The van der Waals surface area contributed by atoms with Gasteiger partial charge in [0.15, 0.2) is 5.96 Å². The summed E-state index contributed by atoms with van der Waals surface area (Å²) in [7, 11) is 1.84. The maximum absolute atomic E-state index is 5.68. The van der Waals surface area contributed by atoms with Gasteiger partial charge in [-0.3, -0.25) is 9.89 Å². The Hall–Kier alpha value is -0.850. The van der Waals surface area contributed by atoms with Crippen LogP contribution in [0.4, 0.5) is 0 Å². The minimum atomic E-state index is 0.324. The van der Waals surface area contributed by atoms with Crippen LogP contribution >= 0.6 is 0 Å². The van der Waals surface area contributed by atoms with Gasteiger partial charge in [0.1, 0.15) is 0 Å². The molecule has 2 fully saturated rings. The van der Waals surface area contributed by atoms with Gasteiger partial charge < -0.3 is 20.1 Å². The van der Waals surface area contributed by atoms with E-state index in [0.29, 0.717) is 12.1 Å². The van der Waals surface area contributed by atoms with Crippen molar-refractivity contribution >= 4 is 5.96 Å². The van der Waals surface area contributed by atoms with Crippen molar-refractivity contribution in [2.24, 2.45) is 4.99 Å². The van der Waals surface area contributed by atoms with Crippen molar-refractivity contribution in [1.82, 2.24) is 15.5 Å². The molecule has 0 saturated carbocycles. The van der Waals surface area contributed by atoms with Gasteiger partial charge in [0.05, 0.1) is 12.7 Å². The van der Waals surface area contributed by atoms with Crippen LogP contribution in [0.15, 0.2) is 4.99 Å². The molecule has 2 heterocycles. The molecule has 0 amide bonds. The molecule has 2 saturated heterocycles. The third-order valence-corrected chi connectivity index (χ3v) is 4.97. The molecule has 2 unspecified atom stereocenters. The van der Waals surface area contributed by atoms with Gasteiger partial charge in [-0.1, -0.05) is 13.3 Å². The van der Waals surface area contributed by atoms with Crippen LogP contribution in [-0.2, 0) is 9.47 Å². The summed E-state index contributed by atoms with van der Waals surface area (Å²) in [6.45, 7) is 8.89. The lowest BCUT2D eigenvalue weighted by Gasteiger charge is -2.35. The van der Waals surface area contributed by atoms with Crippen LogP contribution in [0.5, 0.6) is 0 Å². The standard InChI is InChI=1S/C18H36N4O2/c1-3-22-11-5-4-8-16(22)14-21-18(19-2)20-10-7-12-23-15-17-9-6-13-24-17/h16-17H,3-15H2,1-2H3,(H2,19,20,21). The molecule has 0 aromatic rings. The first-order valence-corrected chi connectivity index (χ1v) is 9.71. The van der Waals surface area contributed by atoms with E-state index < -0.39 is 0 Å². The van der Waals surface area contributed by atoms with E-state index in [2.05, 4.69) is 27.4 Å². The number of guanidine groups is 1. The second-order valence-corrected chi connectivity index (χ2v) is 6.72. The van der Waals surface area contributed by atoms with Crippen LogP contribution in [0.2, 0.25) is 0 Å². The molecule has 140 valence electrons.